The molecule has 3 aromatic carbocycles. The van der Waals surface area contributed by atoms with Gasteiger partial charge in [0.15, 0.2) is 9.84 Å². The molecule has 182 valence electrons. The smallest absolute Gasteiger partial charge is 0.258 e. The van der Waals surface area contributed by atoms with Crippen molar-refractivity contribution in [3.8, 4) is 11.5 Å². The van der Waals surface area contributed by atoms with Gasteiger partial charge >= 0.3 is 0 Å². The van der Waals surface area contributed by atoms with Crippen LogP contribution in [0.1, 0.15) is 27.0 Å². The Morgan fingerprint density at radius 3 is 2.34 bits per heavy atom. The van der Waals surface area contributed by atoms with Crippen molar-refractivity contribution in [1.82, 2.24) is 10.2 Å². The summed E-state index contributed by atoms with van der Waals surface area (Å²) in [7, 11) is -3.33. The van der Waals surface area contributed by atoms with E-state index in [1.807, 2.05) is 24.3 Å². The lowest BCUT2D eigenvalue weighted by atomic mass is 9.92. The number of nitrogens with zero attached hydrogens (tertiary/aromatic N) is 1. The van der Waals surface area contributed by atoms with E-state index < -0.39 is 33.4 Å². The Kier molecular flexibility index (Phi) is 6.73. The van der Waals surface area contributed by atoms with E-state index in [2.05, 4.69) is 5.32 Å². The highest BCUT2D eigenvalue weighted by atomic mass is 35.5. The molecule has 1 atom stereocenters. The molecule has 0 fully saturated rings. The molecule has 3 N–H and O–H groups in total. The first-order chi connectivity index (χ1) is 16.5. The van der Waals surface area contributed by atoms with Crippen molar-refractivity contribution in [2.75, 3.05) is 6.26 Å². The first-order valence-electron chi connectivity index (χ1n) is 10.7. The average Bonchev–Trinajstić information content (AvgIpc) is 2.83. The van der Waals surface area contributed by atoms with E-state index in [9.17, 15) is 28.2 Å². The third kappa shape index (κ3) is 5.26. The lowest BCUT2D eigenvalue weighted by Gasteiger charge is -2.36. The van der Waals surface area contributed by atoms with E-state index in [-0.39, 0.29) is 40.7 Å². The van der Waals surface area contributed by atoms with Crippen LogP contribution in [0.4, 0.5) is 0 Å². The second-order valence-electron chi connectivity index (χ2n) is 8.38. The maximum Gasteiger partial charge on any atom is 0.258 e. The van der Waals surface area contributed by atoms with Crippen molar-refractivity contribution in [3.63, 3.8) is 0 Å². The van der Waals surface area contributed by atoms with Gasteiger partial charge in [0.2, 0.25) is 5.91 Å². The molecule has 35 heavy (non-hydrogen) atoms. The Hall–Kier alpha value is -3.56. The summed E-state index contributed by atoms with van der Waals surface area (Å²) < 4.78 is 23.3. The van der Waals surface area contributed by atoms with Crippen molar-refractivity contribution in [3.05, 3.63) is 87.9 Å². The van der Waals surface area contributed by atoms with Crippen molar-refractivity contribution in [2.24, 2.45) is 0 Å². The summed E-state index contributed by atoms with van der Waals surface area (Å²) in [6.07, 6.45) is 1.39. The molecule has 0 bridgehead atoms. The van der Waals surface area contributed by atoms with Crippen molar-refractivity contribution in [2.45, 2.75) is 30.4 Å². The number of amides is 2. The molecule has 1 aliphatic heterocycles. The minimum Gasteiger partial charge on any atom is -0.507 e. The molecule has 2 amide bonds. The number of halogens is 1. The summed E-state index contributed by atoms with van der Waals surface area (Å²) in [5.74, 6) is -1.80. The molecule has 10 heteroatoms. The second kappa shape index (κ2) is 9.59. The normalized spacial score (nSPS) is 15.4. The minimum absolute atomic E-state index is 0.0953. The quantitative estimate of drug-likeness (QED) is 0.481. The Bertz CT molecular complexity index is 1410. The number of benzene rings is 3. The van der Waals surface area contributed by atoms with E-state index in [1.54, 1.807) is 12.1 Å². The molecule has 8 nitrogen and oxygen atoms in total. The second-order valence-corrected chi connectivity index (χ2v) is 10.8. The van der Waals surface area contributed by atoms with Crippen LogP contribution in [0.25, 0.3) is 0 Å². The van der Waals surface area contributed by atoms with Crippen LogP contribution >= 0.6 is 11.6 Å². The van der Waals surface area contributed by atoms with Gasteiger partial charge in [-0.2, -0.15) is 0 Å². The number of sulfone groups is 1. The fourth-order valence-electron chi connectivity index (χ4n) is 4.01. The Morgan fingerprint density at radius 2 is 1.69 bits per heavy atom. The van der Waals surface area contributed by atoms with Gasteiger partial charge in [0.05, 0.1) is 15.5 Å². The van der Waals surface area contributed by atoms with Crippen LogP contribution in [0, 0.1) is 0 Å². The molecule has 1 heterocycles. The van der Waals surface area contributed by atoms with Crippen molar-refractivity contribution >= 4 is 33.3 Å². The molecular formula is C25H23ClN2O6S. The monoisotopic (exact) mass is 514 g/mol. The van der Waals surface area contributed by atoms with E-state index in [0.29, 0.717) is 5.56 Å². The molecule has 4 rings (SSSR count). The summed E-state index contributed by atoms with van der Waals surface area (Å²) in [6, 6.07) is 15.0. The number of hydrogen-bond donors (Lipinski definition) is 3. The molecule has 0 saturated carbocycles. The zero-order chi connectivity index (χ0) is 25.3. The lowest BCUT2D eigenvalue weighted by Crippen LogP contribution is -2.52. The van der Waals surface area contributed by atoms with E-state index >= 15 is 0 Å². The van der Waals surface area contributed by atoms with Crippen LogP contribution in [-0.2, 0) is 34.1 Å². The average molecular weight is 515 g/mol. The summed E-state index contributed by atoms with van der Waals surface area (Å²) in [5, 5.41) is 22.7. The molecule has 0 unspecified atom stereocenters. The highest BCUT2D eigenvalue weighted by Gasteiger charge is 2.36. The Balaban J connectivity index is 1.58. The van der Waals surface area contributed by atoms with Crippen LogP contribution in [0.15, 0.2) is 65.6 Å². The van der Waals surface area contributed by atoms with Crippen LogP contribution in [0.3, 0.4) is 0 Å². The van der Waals surface area contributed by atoms with Gasteiger partial charge in [-0.05, 0) is 34.9 Å². The molecule has 3 aromatic rings. The molecule has 0 aliphatic carbocycles. The fraction of sp³-hybridized carbons (Fsp3) is 0.200. The van der Waals surface area contributed by atoms with Crippen molar-refractivity contribution < 1.29 is 28.2 Å². The third-order valence-electron chi connectivity index (χ3n) is 5.93. The van der Waals surface area contributed by atoms with Crippen LogP contribution in [-0.4, -0.2) is 47.6 Å². The molecular weight excluding hydrogens is 492 g/mol. The minimum atomic E-state index is -3.33. The number of nitrogens with one attached hydrogen (secondary N) is 1. The molecule has 0 saturated heterocycles. The molecule has 1 aliphatic rings. The standard InChI is InChI=1S/C25H23ClN2O6S/c1-35(33,34)18-8-6-15(7-9-18)13-27-24(31)21-10-16-4-2-3-5-17(16)14-28(21)25(32)19-11-20(26)23(30)12-22(19)29/h2-9,11-12,21,29-30H,10,13-14H2,1H3,(H,27,31)/t21-/m1/s1. The highest BCUT2D eigenvalue weighted by Crippen LogP contribution is 2.33. The van der Waals surface area contributed by atoms with E-state index in [0.717, 1.165) is 23.4 Å². The number of carbonyl (C=O) groups excluding carboxylic acids is 2. The maximum absolute atomic E-state index is 13.4. The van der Waals surface area contributed by atoms with Crippen LogP contribution in [0.2, 0.25) is 5.02 Å². The summed E-state index contributed by atoms with van der Waals surface area (Å²) in [5.41, 5.74) is 2.39. The van der Waals surface area contributed by atoms with Gasteiger partial charge in [-0.25, -0.2) is 8.42 Å². The number of hydrogen-bond acceptors (Lipinski definition) is 6. The molecule has 0 spiro atoms. The number of phenols is 2. The largest absolute Gasteiger partial charge is 0.507 e. The zero-order valence-electron chi connectivity index (χ0n) is 18.7. The maximum atomic E-state index is 13.4. The Labute approximate surface area is 207 Å². The molecule has 0 aromatic heterocycles. The van der Waals surface area contributed by atoms with Gasteiger partial charge in [-0.3, -0.25) is 9.59 Å². The van der Waals surface area contributed by atoms with Gasteiger partial charge in [0.25, 0.3) is 5.91 Å². The summed E-state index contributed by atoms with van der Waals surface area (Å²) >= 11 is 5.96. The van der Waals surface area contributed by atoms with Gasteiger partial charge < -0.3 is 20.4 Å². The first-order valence-corrected chi connectivity index (χ1v) is 13.0. The van der Waals surface area contributed by atoms with Gasteiger partial charge in [0, 0.05) is 31.8 Å². The number of carbonyl (C=O) groups is 2. The third-order valence-corrected chi connectivity index (χ3v) is 7.36. The van der Waals surface area contributed by atoms with Crippen LogP contribution < -0.4 is 5.32 Å². The summed E-state index contributed by atoms with van der Waals surface area (Å²) in [6.45, 7) is 0.285. The van der Waals surface area contributed by atoms with Gasteiger partial charge in [-0.1, -0.05) is 48.0 Å². The fourth-order valence-corrected chi connectivity index (χ4v) is 4.80. The zero-order valence-corrected chi connectivity index (χ0v) is 20.3. The number of fused-ring (bicyclic) bond motifs is 1. The molecule has 0 radical (unpaired) electrons. The number of rotatable bonds is 5. The van der Waals surface area contributed by atoms with Crippen molar-refractivity contribution in [1.29, 1.82) is 0 Å². The van der Waals surface area contributed by atoms with E-state index in [1.165, 1.54) is 23.1 Å². The number of phenolic OH excluding ortho intramolecular Hbond substituents is 2. The highest BCUT2D eigenvalue weighted by molar-refractivity contribution is 7.90. The van der Waals surface area contributed by atoms with Gasteiger partial charge in [0.1, 0.15) is 17.5 Å². The topological polar surface area (TPSA) is 124 Å². The van der Waals surface area contributed by atoms with E-state index in [4.69, 9.17) is 11.6 Å². The number of aromatic hydroxyl groups is 2. The Morgan fingerprint density at radius 1 is 1.03 bits per heavy atom. The van der Waals surface area contributed by atoms with Crippen LogP contribution in [0.5, 0.6) is 11.5 Å². The lowest BCUT2D eigenvalue weighted by molar-refractivity contribution is -0.126. The SMILES string of the molecule is CS(=O)(=O)c1ccc(CNC(=O)[C@H]2Cc3ccccc3CN2C(=O)c2cc(Cl)c(O)cc2O)cc1. The predicted octanol–water partition coefficient (Wildman–Crippen LogP) is 3.04. The van der Waals surface area contributed by atoms with Gasteiger partial charge in [-0.15, -0.1) is 0 Å². The first kappa shape index (κ1) is 24.6. The predicted molar refractivity (Wildman–Crippen MR) is 130 cm³/mol. The summed E-state index contributed by atoms with van der Waals surface area (Å²) in [4.78, 5) is 28.2.